The standard InChI is InChI=1S/C36H58ClF2N5O5/c37-29-19-41-36(42-20-29,28-6-2-1-3-7-28)44-12-9-26(10-13-44)5-4-14-49-30-15-32(38)31(33(39)16-30)17-34(48)43-11-8-27(21-43)18-40-22-35(23-45,24-46)25-47/h15-16,26-29,40-42,45-47H,1-14,17-25H2/t27-,29?,36?/m0/s1. The summed E-state index contributed by atoms with van der Waals surface area (Å²) in [5, 5.41) is 39.4. The monoisotopic (exact) mass is 713 g/mol. The van der Waals surface area contributed by atoms with Crippen molar-refractivity contribution in [3.8, 4) is 5.75 Å². The molecule has 3 saturated heterocycles. The van der Waals surface area contributed by atoms with Gasteiger partial charge in [-0.2, -0.15) is 0 Å². The minimum Gasteiger partial charge on any atom is -0.493 e. The van der Waals surface area contributed by atoms with Gasteiger partial charge in [0.25, 0.3) is 0 Å². The number of aliphatic hydroxyl groups excluding tert-OH is 3. The highest BCUT2D eigenvalue weighted by Gasteiger charge is 2.47. The van der Waals surface area contributed by atoms with Gasteiger partial charge in [-0.3, -0.25) is 20.3 Å². The summed E-state index contributed by atoms with van der Waals surface area (Å²) in [7, 11) is 0. The number of carbonyl (C=O) groups is 1. The first-order chi connectivity index (χ1) is 23.7. The normalized spacial score (nSPS) is 26.4. The Bertz CT molecular complexity index is 1160. The molecule has 49 heavy (non-hydrogen) atoms. The van der Waals surface area contributed by atoms with Gasteiger partial charge in [0, 0.05) is 69.4 Å². The lowest BCUT2D eigenvalue weighted by molar-refractivity contribution is -0.129. The third-order valence-corrected chi connectivity index (χ3v) is 11.8. The number of aliphatic hydroxyl groups is 3. The maximum absolute atomic E-state index is 15.0. The van der Waals surface area contributed by atoms with Gasteiger partial charge in [0.05, 0.1) is 43.6 Å². The number of carbonyl (C=O) groups excluding carboxylic acids is 1. The number of benzene rings is 1. The van der Waals surface area contributed by atoms with E-state index in [9.17, 15) is 20.1 Å². The van der Waals surface area contributed by atoms with E-state index < -0.39 is 17.0 Å². The molecule has 278 valence electrons. The van der Waals surface area contributed by atoms with E-state index in [2.05, 4.69) is 20.9 Å². The predicted molar refractivity (Wildman–Crippen MR) is 185 cm³/mol. The van der Waals surface area contributed by atoms with E-state index in [1.165, 1.54) is 44.2 Å². The lowest BCUT2D eigenvalue weighted by Crippen LogP contribution is -2.76. The van der Waals surface area contributed by atoms with Crippen LogP contribution in [-0.2, 0) is 11.2 Å². The van der Waals surface area contributed by atoms with Gasteiger partial charge in [-0.15, -0.1) is 11.6 Å². The number of piperidine rings is 1. The first-order valence-electron chi connectivity index (χ1n) is 18.5. The van der Waals surface area contributed by atoms with Gasteiger partial charge < -0.3 is 30.3 Å². The van der Waals surface area contributed by atoms with Crippen molar-refractivity contribution in [1.82, 2.24) is 25.8 Å². The van der Waals surface area contributed by atoms with Crippen LogP contribution in [0.15, 0.2) is 12.1 Å². The molecule has 4 fully saturated rings. The third-order valence-electron chi connectivity index (χ3n) is 11.5. The molecule has 1 amide bonds. The highest BCUT2D eigenvalue weighted by molar-refractivity contribution is 6.21. The molecule has 1 aliphatic carbocycles. The molecule has 6 N–H and O–H groups in total. The average molecular weight is 714 g/mol. The predicted octanol–water partition coefficient (Wildman–Crippen LogP) is 2.81. The number of rotatable bonds is 16. The van der Waals surface area contributed by atoms with Crippen LogP contribution in [0, 0.1) is 34.8 Å². The van der Waals surface area contributed by atoms with E-state index in [0.29, 0.717) is 38.1 Å². The van der Waals surface area contributed by atoms with Crippen molar-refractivity contribution in [3.05, 3.63) is 29.3 Å². The summed E-state index contributed by atoms with van der Waals surface area (Å²) in [6.45, 7) is 4.74. The summed E-state index contributed by atoms with van der Waals surface area (Å²) in [6.07, 6.45) is 10.8. The maximum atomic E-state index is 15.0. The summed E-state index contributed by atoms with van der Waals surface area (Å²) < 4.78 is 35.8. The number of hydrogen-bond donors (Lipinski definition) is 6. The Morgan fingerprint density at radius 1 is 0.959 bits per heavy atom. The minimum atomic E-state index is -1.00. The highest BCUT2D eigenvalue weighted by atomic mass is 35.5. The van der Waals surface area contributed by atoms with Crippen molar-refractivity contribution in [2.45, 2.75) is 81.8 Å². The van der Waals surface area contributed by atoms with E-state index >= 15 is 8.78 Å². The van der Waals surface area contributed by atoms with Crippen LogP contribution in [0.5, 0.6) is 5.75 Å². The number of ether oxygens (including phenoxy) is 1. The fourth-order valence-electron chi connectivity index (χ4n) is 8.27. The molecule has 13 heteroatoms. The fourth-order valence-corrected chi connectivity index (χ4v) is 8.43. The van der Waals surface area contributed by atoms with Gasteiger partial charge in [0.15, 0.2) is 0 Å². The Labute approximate surface area is 295 Å². The van der Waals surface area contributed by atoms with E-state index in [4.69, 9.17) is 16.3 Å². The first-order valence-corrected chi connectivity index (χ1v) is 19.0. The second-order valence-electron chi connectivity index (χ2n) is 15.0. The molecule has 4 aliphatic rings. The summed E-state index contributed by atoms with van der Waals surface area (Å²) in [6, 6.07) is 2.35. The molecule has 0 aromatic heterocycles. The summed E-state index contributed by atoms with van der Waals surface area (Å²) >= 11 is 6.44. The topological polar surface area (TPSA) is 130 Å². The molecule has 3 aliphatic heterocycles. The molecule has 10 nitrogen and oxygen atoms in total. The van der Waals surface area contributed by atoms with Crippen molar-refractivity contribution in [3.63, 3.8) is 0 Å². The van der Waals surface area contributed by atoms with Crippen LogP contribution in [0.1, 0.15) is 69.8 Å². The number of hydrogen-bond acceptors (Lipinski definition) is 9. The molecular weight excluding hydrogens is 656 g/mol. The van der Waals surface area contributed by atoms with Crippen LogP contribution in [0.25, 0.3) is 0 Å². The van der Waals surface area contributed by atoms with Gasteiger partial charge >= 0.3 is 0 Å². The molecule has 1 atom stereocenters. The molecule has 3 heterocycles. The van der Waals surface area contributed by atoms with Crippen molar-refractivity contribution in [2.24, 2.45) is 23.2 Å². The lowest BCUT2D eigenvalue weighted by atomic mass is 9.80. The molecule has 1 saturated carbocycles. The number of amides is 1. The van der Waals surface area contributed by atoms with Crippen LogP contribution >= 0.6 is 11.6 Å². The Kier molecular flexibility index (Phi) is 14.3. The second kappa shape index (κ2) is 18.2. The van der Waals surface area contributed by atoms with Gasteiger partial charge in [-0.1, -0.05) is 19.3 Å². The lowest BCUT2D eigenvalue weighted by Gasteiger charge is -2.55. The highest BCUT2D eigenvalue weighted by Crippen LogP contribution is 2.37. The molecule has 0 unspecified atom stereocenters. The van der Waals surface area contributed by atoms with Crippen LogP contribution in [-0.4, -0.2) is 121 Å². The average Bonchev–Trinajstić information content (AvgIpc) is 3.61. The van der Waals surface area contributed by atoms with Crippen LogP contribution in [0.3, 0.4) is 0 Å². The SMILES string of the molecule is O=C(Cc1c(F)cc(OCCCC2CCN(C3(C4CCCCC4)NCC(Cl)CN3)CC2)cc1F)N1CC[C@@H](CNCC(CO)(CO)CO)C1. The number of halogens is 3. The number of likely N-dealkylation sites (tertiary alicyclic amines) is 2. The Balaban J connectivity index is 1.02. The molecular formula is C36H58ClF2N5O5. The summed E-state index contributed by atoms with van der Waals surface area (Å²) in [4.78, 5) is 17.2. The molecule has 1 aromatic rings. The van der Waals surface area contributed by atoms with E-state index in [-0.39, 0.29) is 67.1 Å². The zero-order chi connectivity index (χ0) is 34.9. The maximum Gasteiger partial charge on any atom is 0.227 e. The number of nitrogens with one attached hydrogen (secondary N) is 3. The van der Waals surface area contributed by atoms with Crippen LogP contribution < -0.4 is 20.7 Å². The molecule has 0 radical (unpaired) electrons. The summed E-state index contributed by atoms with van der Waals surface area (Å²) in [5.74, 6) is -0.607. The second-order valence-corrected chi connectivity index (χ2v) is 15.6. The van der Waals surface area contributed by atoms with E-state index in [1.54, 1.807) is 4.90 Å². The van der Waals surface area contributed by atoms with Crippen molar-refractivity contribution >= 4 is 17.5 Å². The van der Waals surface area contributed by atoms with Crippen molar-refractivity contribution in [2.75, 3.05) is 78.8 Å². The van der Waals surface area contributed by atoms with Crippen LogP contribution in [0.4, 0.5) is 8.78 Å². The van der Waals surface area contributed by atoms with E-state index in [1.807, 2.05) is 0 Å². The van der Waals surface area contributed by atoms with Gasteiger partial charge in [-0.05, 0) is 63.3 Å². The van der Waals surface area contributed by atoms with Gasteiger partial charge in [0.2, 0.25) is 5.91 Å². The largest absolute Gasteiger partial charge is 0.493 e. The summed E-state index contributed by atoms with van der Waals surface area (Å²) in [5.41, 5.74) is -1.26. The molecule has 0 spiro atoms. The molecule has 0 bridgehead atoms. The molecule has 5 rings (SSSR count). The van der Waals surface area contributed by atoms with Gasteiger partial charge in [-0.25, -0.2) is 8.78 Å². The van der Waals surface area contributed by atoms with Crippen molar-refractivity contribution in [1.29, 1.82) is 0 Å². The van der Waals surface area contributed by atoms with E-state index in [0.717, 1.165) is 58.3 Å². The molecule has 1 aromatic carbocycles. The fraction of sp³-hybridized carbons (Fsp3) is 0.806. The van der Waals surface area contributed by atoms with Crippen molar-refractivity contribution < 1.29 is 33.6 Å². The third kappa shape index (κ3) is 9.83. The van der Waals surface area contributed by atoms with Gasteiger partial charge in [0.1, 0.15) is 23.2 Å². The smallest absolute Gasteiger partial charge is 0.227 e. The number of alkyl halides is 1. The quantitative estimate of drug-likeness (QED) is 0.113. The Morgan fingerprint density at radius 2 is 1.59 bits per heavy atom. The number of nitrogens with zero attached hydrogens (tertiary/aromatic N) is 2. The minimum absolute atomic E-state index is 0.112. The Hall–Kier alpha value is -1.64. The zero-order valence-electron chi connectivity index (χ0n) is 28.9. The van der Waals surface area contributed by atoms with Crippen LogP contribution in [0.2, 0.25) is 0 Å². The zero-order valence-corrected chi connectivity index (χ0v) is 29.7. The first kappa shape index (κ1) is 38.6. The Morgan fingerprint density at radius 3 is 2.22 bits per heavy atom.